The first-order valence-electron chi connectivity index (χ1n) is 12.6. The van der Waals surface area contributed by atoms with E-state index in [4.69, 9.17) is 0 Å². The van der Waals surface area contributed by atoms with Gasteiger partial charge in [0.05, 0.1) is 16.7 Å². The molecule has 3 aliphatic heterocycles. The molecule has 9 nitrogen and oxygen atoms in total. The number of imide groups is 2. The van der Waals surface area contributed by atoms with Crippen molar-refractivity contribution in [1.82, 2.24) is 20.1 Å². The van der Waals surface area contributed by atoms with Crippen LogP contribution < -0.4 is 5.32 Å². The molecule has 3 aromatic rings. The molecule has 3 aliphatic rings. The fourth-order valence-electron chi connectivity index (χ4n) is 5.51. The highest BCUT2D eigenvalue weighted by Gasteiger charge is 2.45. The number of carbonyl (C=O) groups is 4. The first-order chi connectivity index (χ1) is 18.3. The van der Waals surface area contributed by atoms with Gasteiger partial charge in [-0.1, -0.05) is 30.3 Å². The monoisotopic (exact) mass is 530 g/mol. The van der Waals surface area contributed by atoms with Gasteiger partial charge in [0.2, 0.25) is 11.8 Å². The van der Waals surface area contributed by atoms with Crippen LogP contribution in [-0.2, 0) is 21.7 Å². The fraction of sp³-hybridized carbons (Fsp3) is 0.321. The van der Waals surface area contributed by atoms with Crippen molar-refractivity contribution in [3.63, 3.8) is 0 Å². The van der Waals surface area contributed by atoms with Gasteiger partial charge in [-0.25, -0.2) is 4.98 Å². The molecule has 4 amide bonds. The van der Waals surface area contributed by atoms with Crippen molar-refractivity contribution in [2.45, 2.75) is 43.9 Å². The van der Waals surface area contributed by atoms with E-state index in [-0.39, 0.29) is 24.0 Å². The van der Waals surface area contributed by atoms with Crippen LogP contribution in [0.5, 0.6) is 0 Å². The van der Waals surface area contributed by atoms with Crippen molar-refractivity contribution in [3.05, 3.63) is 76.3 Å². The number of nitrogens with zero attached hydrogens (tertiary/aromatic N) is 3. The molecule has 0 spiro atoms. The Balaban J connectivity index is 1.13. The molecule has 2 saturated heterocycles. The normalized spacial score (nSPS) is 21.5. The molecule has 1 aromatic heterocycles. The Morgan fingerprint density at radius 2 is 1.74 bits per heavy atom. The van der Waals surface area contributed by atoms with Crippen LogP contribution in [0.25, 0.3) is 10.6 Å². The molecular weight excluding hydrogens is 504 g/mol. The van der Waals surface area contributed by atoms with Gasteiger partial charge in [0, 0.05) is 43.2 Å². The molecular formula is C28H26N4O5S. The number of benzene rings is 2. The van der Waals surface area contributed by atoms with E-state index in [1.54, 1.807) is 35.7 Å². The van der Waals surface area contributed by atoms with Gasteiger partial charge in [-0.05, 0) is 42.5 Å². The smallest absolute Gasteiger partial charge is 0.262 e. The highest BCUT2D eigenvalue weighted by molar-refractivity contribution is 7.13. The number of hydrogen-bond acceptors (Lipinski definition) is 8. The number of piperidine rings is 2. The number of aliphatic hydroxyl groups is 1. The molecule has 2 aromatic carbocycles. The third-order valence-electron chi connectivity index (χ3n) is 7.70. The summed E-state index contributed by atoms with van der Waals surface area (Å²) in [5.41, 5.74) is 2.16. The third-order valence-corrected chi connectivity index (χ3v) is 8.52. The van der Waals surface area contributed by atoms with Gasteiger partial charge in [-0.2, -0.15) is 0 Å². The Labute approximate surface area is 223 Å². The minimum Gasteiger partial charge on any atom is -0.385 e. The fourth-order valence-corrected chi connectivity index (χ4v) is 6.15. The Kier molecular flexibility index (Phi) is 6.17. The number of likely N-dealkylation sites (tertiary alicyclic amines) is 1. The van der Waals surface area contributed by atoms with Gasteiger partial charge < -0.3 is 5.11 Å². The average molecular weight is 531 g/mol. The maximum absolute atomic E-state index is 13.2. The quantitative estimate of drug-likeness (QED) is 0.487. The van der Waals surface area contributed by atoms with Crippen LogP contribution in [0.3, 0.4) is 0 Å². The second-order valence-corrected chi connectivity index (χ2v) is 10.9. The minimum atomic E-state index is -1.12. The topological polar surface area (TPSA) is 120 Å². The number of carbonyl (C=O) groups excluding carboxylic acids is 4. The number of fused-ring (bicyclic) bond motifs is 1. The molecule has 1 unspecified atom stereocenters. The summed E-state index contributed by atoms with van der Waals surface area (Å²) in [6.45, 7) is 2.13. The summed E-state index contributed by atoms with van der Waals surface area (Å²) in [4.78, 5) is 57.5. The highest BCUT2D eigenvalue weighted by Crippen LogP contribution is 2.37. The maximum atomic E-state index is 13.2. The van der Waals surface area contributed by atoms with Crippen molar-refractivity contribution in [1.29, 1.82) is 0 Å². The molecule has 2 fully saturated rings. The van der Waals surface area contributed by atoms with Crippen LogP contribution in [0.2, 0.25) is 0 Å². The largest absolute Gasteiger partial charge is 0.385 e. The lowest BCUT2D eigenvalue weighted by Gasteiger charge is -2.38. The molecule has 0 radical (unpaired) electrons. The van der Waals surface area contributed by atoms with E-state index in [0.29, 0.717) is 31.5 Å². The van der Waals surface area contributed by atoms with Crippen LogP contribution in [-0.4, -0.2) is 62.7 Å². The lowest BCUT2D eigenvalue weighted by atomic mass is 9.83. The van der Waals surface area contributed by atoms with E-state index in [2.05, 4.69) is 39.5 Å². The molecule has 10 heteroatoms. The summed E-state index contributed by atoms with van der Waals surface area (Å²) in [6.07, 6.45) is 2.95. The predicted molar refractivity (Wildman–Crippen MR) is 139 cm³/mol. The van der Waals surface area contributed by atoms with Crippen molar-refractivity contribution >= 4 is 35.0 Å². The lowest BCUT2D eigenvalue weighted by Crippen LogP contribution is -2.54. The minimum absolute atomic E-state index is 0.0707. The number of amides is 4. The van der Waals surface area contributed by atoms with E-state index in [1.807, 2.05) is 5.38 Å². The number of rotatable bonds is 5. The standard InChI is InChI=1S/C28H26N4O5S/c33-23-8-7-22(24(34)30-23)32-26(35)20-6-5-19(15-21(20)27(32)36)28(37)9-12-31(13-10-28)16-17-1-3-18(4-2-17)25-29-11-14-38-25/h1-6,11,14-15,22,37H,7-10,12-13,16H2,(H,30,33,34). The van der Waals surface area contributed by atoms with Gasteiger partial charge in [-0.15, -0.1) is 11.3 Å². The van der Waals surface area contributed by atoms with Crippen LogP contribution >= 0.6 is 11.3 Å². The first-order valence-corrected chi connectivity index (χ1v) is 13.5. The number of hydrogen-bond donors (Lipinski definition) is 2. The molecule has 0 saturated carbocycles. The second-order valence-electron chi connectivity index (χ2n) is 10.0. The molecule has 6 rings (SSSR count). The van der Waals surface area contributed by atoms with E-state index < -0.39 is 35.3 Å². The molecule has 0 aliphatic carbocycles. The van der Waals surface area contributed by atoms with Crippen LogP contribution in [0, 0.1) is 0 Å². The van der Waals surface area contributed by atoms with E-state index in [1.165, 1.54) is 5.56 Å². The Morgan fingerprint density at radius 1 is 1.00 bits per heavy atom. The van der Waals surface area contributed by atoms with Crippen LogP contribution in [0.1, 0.15) is 57.5 Å². The van der Waals surface area contributed by atoms with E-state index in [0.717, 1.165) is 22.0 Å². The summed E-state index contributed by atoms with van der Waals surface area (Å²) in [5, 5.41) is 16.7. The molecule has 2 N–H and O–H groups in total. The number of nitrogens with one attached hydrogen (secondary N) is 1. The molecule has 194 valence electrons. The van der Waals surface area contributed by atoms with Crippen LogP contribution in [0.15, 0.2) is 54.0 Å². The first kappa shape index (κ1) is 24.6. The van der Waals surface area contributed by atoms with Crippen molar-refractivity contribution in [2.75, 3.05) is 13.1 Å². The second kappa shape index (κ2) is 9.54. The molecule has 0 bridgehead atoms. The maximum Gasteiger partial charge on any atom is 0.262 e. The Hall–Kier alpha value is -3.73. The highest BCUT2D eigenvalue weighted by atomic mass is 32.1. The predicted octanol–water partition coefficient (Wildman–Crippen LogP) is 2.69. The third kappa shape index (κ3) is 4.34. The molecule has 4 heterocycles. The van der Waals surface area contributed by atoms with Crippen molar-refractivity contribution in [2.24, 2.45) is 0 Å². The summed E-state index contributed by atoms with van der Waals surface area (Å²) in [6, 6.07) is 12.2. The van der Waals surface area contributed by atoms with Crippen LogP contribution in [0.4, 0.5) is 0 Å². The number of aromatic nitrogens is 1. The summed E-state index contributed by atoms with van der Waals surface area (Å²) in [7, 11) is 0. The molecule has 1 atom stereocenters. The summed E-state index contributed by atoms with van der Waals surface area (Å²) < 4.78 is 0. The zero-order chi connectivity index (χ0) is 26.4. The van der Waals surface area contributed by atoms with E-state index in [9.17, 15) is 24.3 Å². The summed E-state index contributed by atoms with van der Waals surface area (Å²) in [5.74, 6) is -2.16. The summed E-state index contributed by atoms with van der Waals surface area (Å²) >= 11 is 1.61. The Morgan fingerprint density at radius 3 is 2.42 bits per heavy atom. The van der Waals surface area contributed by atoms with Gasteiger partial charge in [0.1, 0.15) is 11.0 Å². The lowest BCUT2D eigenvalue weighted by molar-refractivity contribution is -0.136. The zero-order valence-corrected chi connectivity index (χ0v) is 21.4. The molecule has 38 heavy (non-hydrogen) atoms. The van der Waals surface area contributed by atoms with Gasteiger partial charge in [0.15, 0.2) is 0 Å². The van der Waals surface area contributed by atoms with Gasteiger partial charge in [0.25, 0.3) is 11.8 Å². The Bertz CT molecular complexity index is 1430. The van der Waals surface area contributed by atoms with E-state index >= 15 is 0 Å². The zero-order valence-electron chi connectivity index (χ0n) is 20.6. The van der Waals surface area contributed by atoms with Gasteiger partial charge in [-0.3, -0.25) is 34.3 Å². The SMILES string of the molecule is O=C1CCC(N2C(=O)c3ccc(C4(O)CCN(Cc5ccc(-c6nccs6)cc5)CC4)cc3C2=O)C(=O)N1. The van der Waals surface area contributed by atoms with Crippen molar-refractivity contribution < 1.29 is 24.3 Å². The van der Waals surface area contributed by atoms with Gasteiger partial charge >= 0.3 is 0 Å². The van der Waals surface area contributed by atoms with Crippen molar-refractivity contribution in [3.8, 4) is 10.6 Å². The number of thiazole rings is 1. The average Bonchev–Trinajstić information content (AvgIpc) is 3.54.